The molecule has 2 aromatic heterocycles. The topological polar surface area (TPSA) is 47.4 Å². The molecule has 0 radical (unpaired) electrons. The number of hydrogen-bond donors (Lipinski definition) is 0. The van der Waals surface area contributed by atoms with Gasteiger partial charge in [-0.1, -0.05) is 0 Å². The normalized spacial score (nSPS) is 26.4. The minimum Gasteiger partial charge on any atom is -0.459 e. The van der Waals surface area contributed by atoms with Gasteiger partial charge in [0.25, 0.3) is 0 Å². The van der Waals surface area contributed by atoms with E-state index in [0.717, 1.165) is 30.3 Å². The molecule has 0 N–H and O–H groups in total. The summed E-state index contributed by atoms with van der Waals surface area (Å²) < 4.78 is 45.1. The fourth-order valence-electron chi connectivity index (χ4n) is 4.27. The van der Waals surface area contributed by atoms with E-state index in [4.69, 9.17) is 4.74 Å². The first kappa shape index (κ1) is 17.3. The van der Waals surface area contributed by atoms with Crippen molar-refractivity contribution in [2.45, 2.75) is 56.6 Å². The second kappa shape index (κ2) is 6.26. The van der Waals surface area contributed by atoms with Crippen molar-refractivity contribution >= 4 is 17.0 Å². The molecule has 0 amide bonds. The number of nitrogens with zero attached hydrogens (tertiary/aromatic N) is 3. The van der Waals surface area contributed by atoms with Crippen molar-refractivity contribution in [1.29, 1.82) is 0 Å². The van der Waals surface area contributed by atoms with Crippen LogP contribution in [0.1, 0.15) is 36.0 Å². The van der Waals surface area contributed by atoms with Crippen molar-refractivity contribution < 1.29 is 22.7 Å². The van der Waals surface area contributed by atoms with Crippen molar-refractivity contribution in [1.82, 2.24) is 14.5 Å². The number of hydrogen-bond acceptors (Lipinski definition) is 4. The largest absolute Gasteiger partial charge is 0.459 e. The number of pyridine rings is 1. The number of ether oxygens (including phenoxy) is 1. The quantitative estimate of drug-likeness (QED) is 0.781. The van der Waals surface area contributed by atoms with E-state index in [9.17, 15) is 18.0 Å². The summed E-state index contributed by atoms with van der Waals surface area (Å²) in [7, 11) is 2.09. The number of halogens is 3. The van der Waals surface area contributed by atoms with Gasteiger partial charge in [-0.25, -0.2) is 9.78 Å². The van der Waals surface area contributed by atoms with Gasteiger partial charge < -0.3 is 14.2 Å². The van der Waals surface area contributed by atoms with Gasteiger partial charge in [0.15, 0.2) is 0 Å². The van der Waals surface area contributed by atoms with Gasteiger partial charge in [-0.3, -0.25) is 0 Å². The minimum absolute atomic E-state index is 0.139. The van der Waals surface area contributed by atoms with E-state index >= 15 is 0 Å². The number of esters is 1. The summed E-state index contributed by atoms with van der Waals surface area (Å²) in [5.41, 5.74) is 0.281. The van der Waals surface area contributed by atoms with Crippen LogP contribution in [-0.4, -0.2) is 51.8 Å². The molecule has 0 saturated carbocycles. The monoisotopic (exact) mass is 367 g/mol. The van der Waals surface area contributed by atoms with E-state index in [0.29, 0.717) is 17.5 Å². The minimum atomic E-state index is -4.39. The molecule has 2 aliphatic heterocycles. The smallest absolute Gasteiger partial charge is 0.406 e. The fourth-order valence-corrected chi connectivity index (χ4v) is 4.27. The molecule has 4 heterocycles. The second-order valence-electron chi connectivity index (χ2n) is 7.21. The molecule has 5 nitrogen and oxygen atoms in total. The molecule has 3 atom stereocenters. The Hall–Kier alpha value is -2.09. The van der Waals surface area contributed by atoms with Crippen LogP contribution in [0, 0.1) is 0 Å². The second-order valence-corrected chi connectivity index (χ2v) is 7.21. The summed E-state index contributed by atoms with van der Waals surface area (Å²) >= 11 is 0. The maximum Gasteiger partial charge on any atom is 0.406 e. The molecule has 2 aromatic rings. The van der Waals surface area contributed by atoms with Gasteiger partial charge in [-0.15, -0.1) is 0 Å². The first-order valence-corrected chi connectivity index (χ1v) is 8.75. The number of alkyl halides is 3. The van der Waals surface area contributed by atoms with Gasteiger partial charge in [0.05, 0.1) is 5.56 Å². The summed E-state index contributed by atoms with van der Waals surface area (Å²) in [4.78, 5) is 19.0. The number of aromatic nitrogens is 2. The van der Waals surface area contributed by atoms with E-state index in [1.54, 1.807) is 12.1 Å². The third-order valence-corrected chi connectivity index (χ3v) is 5.53. The number of rotatable bonds is 3. The molecule has 0 spiro atoms. The Kier molecular flexibility index (Phi) is 4.17. The van der Waals surface area contributed by atoms with Gasteiger partial charge in [0.1, 0.15) is 18.3 Å². The first-order chi connectivity index (χ1) is 12.3. The highest BCUT2D eigenvalue weighted by Gasteiger charge is 2.40. The number of piperidine rings is 1. The van der Waals surface area contributed by atoms with Gasteiger partial charge in [0, 0.05) is 42.7 Å². The summed E-state index contributed by atoms with van der Waals surface area (Å²) in [5, 5.41) is 0.387. The average Bonchev–Trinajstić information content (AvgIpc) is 3.00. The van der Waals surface area contributed by atoms with Crippen LogP contribution in [0.5, 0.6) is 0 Å². The van der Waals surface area contributed by atoms with E-state index in [-0.39, 0.29) is 17.3 Å². The van der Waals surface area contributed by atoms with Crippen molar-refractivity contribution in [3.05, 3.63) is 30.1 Å². The van der Waals surface area contributed by atoms with Gasteiger partial charge in [-0.05, 0) is 32.0 Å². The van der Waals surface area contributed by atoms with Crippen LogP contribution in [0.15, 0.2) is 24.5 Å². The summed E-state index contributed by atoms with van der Waals surface area (Å²) in [6.45, 7) is -1.19. The standard InChI is InChI=1S/C18H20F3N3O2/c1-23-11-4-5-12(23)8-13(7-11)26-17(25)15-9-24(10-18(19,20)21)16-14(15)3-2-6-22-16/h2-3,6,9,11-13H,4-5,7-8,10H2,1H3/t11-,12+,13+. The van der Waals surface area contributed by atoms with Gasteiger partial charge in [-0.2, -0.15) is 13.2 Å². The lowest BCUT2D eigenvalue weighted by atomic mass is 10.0. The third-order valence-electron chi connectivity index (χ3n) is 5.53. The van der Waals surface area contributed by atoms with Crippen LogP contribution >= 0.6 is 0 Å². The lowest BCUT2D eigenvalue weighted by molar-refractivity contribution is -0.140. The van der Waals surface area contributed by atoms with Crippen molar-refractivity contribution in [2.24, 2.45) is 0 Å². The maximum absolute atomic E-state index is 12.8. The summed E-state index contributed by atoms with van der Waals surface area (Å²) in [5.74, 6) is -0.571. The number of fused-ring (bicyclic) bond motifs is 3. The molecule has 2 aliphatic rings. The maximum atomic E-state index is 12.8. The predicted molar refractivity (Wildman–Crippen MR) is 88.8 cm³/mol. The Morgan fingerprint density at radius 3 is 2.65 bits per heavy atom. The van der Waals surface area contributed by atoms with Crippen molar-refractivity contribution in [3.8, 4) is 0 Å². The molecule has 140 valence electrons. The van der Waals surface area contributed by atoms with Crippen LogP contribution < -0.4 is 0 Å². The zero-order chi connectivity index (χ0) is 18.5. The first-order valence-electron chi connectivity index (χ1n) is 8.75. The lowest BCUT2D eigenvalue weighted by Crippen LogP contribution is -2.43. The van der Waals surface area contributed by atoms with Crippen molar-refractivity contribution in [2.75, 3.05) is 7.05 Å². The molecular formula is C18H20F3N3O2. The van der Waals surface area contributed by atoms with E-state index in [1.165, 1.54) is 12.4 Å². The Morgan fingerprint density at radius 1 is 1.31 bits per heavy atom. The highest BCUT2D eigenvalue weighted by atomic mass is 19.4. The van der Waals surface area contributed by atoms with Crippen LogP contribution in [0.3, 0.4) is 0 Å². The zero-order valence-electron chi connectivity index (χ0n) is 14.4. The summed E-state index contributed by atoms with van der Waals surface area (Å²) in [6.07, 6.45) is 1.80. The lowest BCUT2D eigenvalue weighted by Gasteiger charge is -2.35. The fraction of sp³-hybridized carbons (Fsp3) is 0.556. The summed E-state index contributed by atoms with van der Waals surface area (Å²) in [6, 6.07) is 4.04. The molecule has 0 aliphatic carbocycles. The van der Waals surface area contributed by atoms with Crippen LogP contribution in [-0.2, 0) is 11.3 Å². The average molecular weight is 367 g/mol. The van der Waals surface area contributed by atoms with Crippen LogP contribution in [0.4, 0.5) is 13.2 Å². The predicted octanol–water partition coefficient (Wildman–Crippen LogP) is 3.38. The van der Waals surface area contributed by atoms with E-state index < -0.39 is 18.7 Å². The highest BCUT2D eigenvalue weighted by Crippen LogP contribution is 2.36. The SMILES string of the molecule is CN1[C@@H]2CC[C@H]1C[C@@H](OC(=O)c1cn(CC(F)(F)F)c3ncccc13)C2. The molecule has 26 heavy (non-hydrogen) atoms. The molecule has 0 aromatic carbocycles. The van der Waals surface area contributed by atoms with Crippen LogP contribution in [0.25, 0.3) is 11.0 Å². The highest BCUT2D eigenvalue weighted by molar-refractivity contribution is 6.03. The molecule has 4 rings (SSSR count). The Balaban J connectivity index is 1.57. The molecule has 2 bridgehead atoms. The molecule has 2 fully saturated rings. The van der Waals surface area contributed by atoms with E-state index in [2.05, 4.69) is 16.9 Å². The molecule has 0 unspecified atom stereocenters. The van der Waals surface area contributed by atoms with Gasteiger partial charge in [0.2, 0.25) is 0 Å². The number of carbonyl (C=O) groups excluding carboxylic acids is 1. The Morgan fingerprint density at radius 2 is 2.00 bits per heavy atom. The molecular weight excluding hydrogens is 347 g/mol. The van der Waals surface area contributed by atoms with Gasteiger partial charge >= 0.3 is 12.1 Å². The Bertz CT molecular complexity index is 819. The zero-order valence-corrected chi connectivity index (χ0v) is 14.4. The van der Waals surface area contributed by atoms with Crippen molar-refractivity contribution in [3.63, 3.8) is 0 Å². The third kappa shape index (κ3) is 3.18. The molecule has 2 saturated heterocycles. The Labute approximate surface area is 148 Å². The molecule has 8 heteroatoms. The van der Waals surface area contributed by atoms with Crippen LogP contribution in [0.2, 0.25) is 0 Å². The van der Waals surface area contributed by atoms with E-state index in [1.807, 2.05) is 0 Å². The number of carbonyl (C=O) groups is 1.